The molecule has 0 saturated carbocycles. The third-order valence-corrected chi connectivity index (χ3v) is 7.59. The number of amides is 2. The first-order valence-electron chi connectivity index (χ1n) is 12.1. The highest BCUT2D eigenvalue weighted by atomic mass is 35.5. The van der Waals surface area contributed by atoms with Gasteiger partial charge in [0.1, 0.15) is 11.8 Å². The number of alkyl halides is 3. The summed E-state index contributed by atoms with van der Waals surface area (Å²) in [5.74, 6) is -0.635. The van der Waals surface area contributed by atoms with Crippen molar-refractivity contribution in [3.63, 3.8) is 0 Å². The first-order valence-corrected chi connectivity index (χ1v) is 12.4. The second kappa shape index (κ2) is 9.48. The van der Waals surface area contributed by atoms with Crippen LogP contribution in [-0.2, 0) is 25.7 Å². The van der Waals surface area contributed by atoms with E-state index in [4.69, 9.17) is 11.6 Å². The summed E-state index contributed by atoms with van der Waals surface area (Å²) in [7, 11) is 0. The Labute approximate surface area is 222 Å². The van der Waals surface area contributed by atoms with E-state index in [1.807, 2.05) is 13.0 Å². The fourth-order valence-electron chi connectivity index (χ4n) is 5.14. The first-order chi connectivity index (χ1) is 18.0. The molecule has 11 heteroatoms. The SMILES string of the molecule is C[C@@H]1Cc2nn3c(c2CN1C(=O)c1ccc(Cl)c(C#N)c1)C(=O)N([C@H](C)c1cccc(C(F)(F)F)c1)CC3. The predicted octanol–water partition coefficient (Wildman–Crippen LogP) is 5.23. The molecule has 3 heterocycles. The molecule has 0 N–H and O–H groups in total. The lowest BCUT2D eigenvalue weighted by Gasteiger charge is -2.35. The van der Waals surface area contributed by atoms with Gasteiger partial charge in [0, 0.05) is 30.1 Å². The lowest BCUT2D eigenvalue weighted by molar-refractivity contribution is -0.137. The molecular weight excluding hydrogens is 519 g/mol. The van der Waals surface area contributed by atoms with E-state index in [9.17, 15) is 28.0 Å². The van der Waals surface area contributed by atoms with Crippen molar-refractivity contribution in [1.29, 1.82) is 5.26 Å². The molecule has 38 heavy (non-hydrogen) atoms. The Hall–Kier alpha value is -3.84. The number of halogens is 4. The van der Waals surface area contributed by atoms with E-state index < -0.39 is 17.8 Å². The van der Waals surface area contributed by atoms with Gasteiger partial charge in [0.2, 0.25) is 0 Å². The Morgan fingerprint density at radius 1 is 1.21 bits per heavy atom. The van der Waals surface area contributed by atoms with Gasteiger partial charge in [0.25, 0.3) is 11.8 Å². The molecule has 0 spiro atoms. The molecular formula is C27H23ClF3N5O2. The molecule has 2 aliphatic rings. The largest absolute Gasteiger partial charge is 0.416 e. The molecule has 7 nitrogen and oxygen atoms in total. The normalized spacial score (nSPS) is 18.0. The number of carbonyl (C=O) groups is 2. The number of rotatable bonds is 3. The van der Waals surface area contributed by atoms with Crippen LogP contribution < -0.4 is 0 Å². The molecule has 2 atom stereocenters. The van der Waals surface area contributed by atoms with Crippen molar-refractivity contribution in [2.75, 3.05) is 6.54 Å². The molecule has 0 bridgehead atoms. The lowest BCUT2D eigenvalue weighted by Crippen LogP contribution is -2.44. The quantitative estimate of drug-likeness (QED) is 0.454. The van der Waals surface area contributed by atoms with Gasteiger partial charge in [-0.1, -0.05) is 23.7 Å². The molecule has 0 fully saturated rings. The lowest BCUT2D eigenvalue weighted by atomic mass is 9.96. The van der Waals surface area contributed by atoms with Gasteiger partial charge in [0.15, 0.2) is 0 Å². The van der Waals surface area contributed by atoms with Crippen LogP contribution in [0.5, 0.6) is 0 Å². The van der Waals surface area contributed by atoms with Crippen molar-refractivity contribution < 1.29 is 22.8 Å². The zero-order valence-corrected chi connectivity index (χ0v) is 21.3. The summed E-state index contributed by atoms with van der Waals surface area (Å²) in [4.78, 5) is 30.3. The van der Waals surface area contributed by atoms with Gasteiger partial charge in [-0.2, -0.15) is 23.5 Å². The zero-order valence-electron chi connectivity index (χ0n) is 20.6. The van der Waals surface area contributed by atoms with E-state index in [0.717, 1.165) is 17.8 Å². The van der Waals surface area contributed by atoms with Gasteiger partial charge in [-0.05, 0) is 49.7 Å². The number of nitrogens with zero attached hydrogens (tertiary/aromatic N) is 5. The van der Waals surface area contributed by atoms with E-state index in [1.165, 1.54) is 18.2 Å². The molecule has 0 saturated heterocycles. The van der Waals surface area contributed by atoms with E-state index in [-0.39, 0.29) is 35.0 Å². The maximum Gasteiger partial charge on any atom is 0.416 e. The third kappa shape index (κ3) is 4.41. The molecule has 2 amide bonds. The highest BCUT2D eigenvalue weighted by Gasteiger charge is 2.39. The minimum Gasteiger partial charge on any atom is -0.331 e. The Morgan fingerprint density at radius 3 is 2.68 bits per heavy atom. The minimum absolute atomic E-state index is 0.146. The van der Waals surface area contributed by atoms with Gasteiger partial charge in [-0.15, -0.1) is 0 Å². The highest BCUT2D eigenvalue weighted by Crippen LogP contribution is 2.35. The molecule has 5 rings (SSSR count). The van der Waals surface area contributed by atoms with Gasteiger partial charge in [-0.25, -0.2) is 0 Å². The summed E-state index contributed by atoms with van der Waals surface area (Å²) in [6, 6.07) is 10.7. The summed E-state index contributed by atoms with van der Waals surface area (Å²) in [5.41, 5.74) is 1.84. The Morgan fingerprint density at radius 2 is 1.97 bits per heavy atom. The van der Waals surface area contributed by atoms with Crippen LogP contribution in [0.1, 0.15) is 68.7 Å². The second-order valence-electron chi connectivity index (χ2n) is 9.59. The average molecular weight is 542 g/mol. The Bertz CT molecular complexity index is 1490. The molecule has 0 radical (unpaired) electrons. The molecule has 196 valence electrons. The second-order valence-corrected chi connectivity index (χ2v) is 9.99. The van der Waals surface area contributed by atoms with Crippen molar-refractivity contribution in [2.45, 2.75) is 51.6 Å². The zero-order chi connectivity index (χ0) is 27.4. The summed E-state index contributed by atoms with van der Waals surface area (Å²) in [6.07, 6.45) is -4.04. The summed E-state index contributed by atoms with van der Waals surface area (Å²) < 4.78 is 41.4. The minimum atomic E-state index is -4.48. The van der Waals surface area contributed by atoms with Crippen molar-refractivity contribution in [3.8, 4) is 6.07 Å². The third-order valence-electron chi connectivity index (χ3n) is 7.26. The van der Waals surface area contributed by atoms with Gasteiger partial charge in [0.05, 0.1) is 41.0 Å². The van der Waals surface area contributed by atoms with Gasteiger partial charge < -0.3 is 9.80 Å². The van der Waals surface area contributed by atoms with Crippen LogP contribution in [0.2, 0.25) is 5.02 Å². The molecule has 1 aromatic heterocycles. The van der Waals surface area contributed by atoms with Gasteiger partial charge >= 0.3 is 6.18 Å². The highest BCUT2D eigenvalue weighted by molar-refractivity contribution is 6.31. The monoisotopic (exact) mass is 541 g/mol. The van der Waals surface area contributed by atoms with Crippen LogP contribution in [0.4, 0.5) is 13.2 Å². The fraction of sp³-hybridized carbons (Fsp3) is 0.333. The smallest absolute Gasteiger partial charge is 0.331 e. The summed E-state index contributed by atoms with van der Waals surface area (Å²) in [6.45, 7) is 4.43. The number of benzene rings is 2. The number of fused-ring (bicyclic) bond motifs is 3. The van der Waals surface area contributed by atoms with Crippen molar-refractivity contribution in [1.82, 2.24) is 19.6 Å². The van der Waals surface area contributed by atoms with E-state index in [2.05, 4.69) is 5.10 Å². The van der Waals surface area contributed by atoms with Crippen molar-refractivity contribution in [3.05, 3.63) is 86.7 Å². The average Bonchev–Trinajstić information content (AvgIpc) is 3.25. The first kappa shape index (κ1) is 25.8. The van der Waals surface area contributed by atoms with Crippen LogP contribution in [0, 0.1) is 11.3 Å². The number of hydrogen-bond acceptors (Lipinski definition) is 4. The van der Waals surface area contributed by atoms with Crippen LogP contribution >= 0.6 is 11.6 Å². The van der Waals surface area contributed by atoms with Crippen LogP contribution in [0.3, 0.4) is 0 Å². The molecule has 0 aliphatic carbocycles. The van der Waals surface area contributed by atoms with Crippen LogP contribution in [0.25, 0.3) is 0 Å². The van der Waals surface area contributed by atoms with Gasteiger partial charge in [-0.3, -0.25) is 14.3 Å². The molecule has 2 aromatic carbocycles. The van der Waals surface area contributed by atoms with Crippen LogP contribution in [-0.4, -0.2) is 44.0 Å². The van der Waals surface area contributed by atoms with E-state index in [0.29, 0.717) is 41.9 Å². The number of aromatic nitrogens is 2. The standard InChI is InChI=1S/C27H23ClF3N5O2/c1-15-10-23-21(14-35(15)25(37)18-6-7-22(28)19(11-18)13-32)24-26(38)34(8-9-36(24)33-23)16(2)17-4-3-5-20(12-17)27(29,30)31/h3-7,11-12,15-16H,8-10,14H2,1-2H3/t15-,16-/m1/s1. The topological polar surface area (TPSA) is 82.2 Å². The predicted molar refractivity (Wildman–Crippen MR) is 132 cm³/mol. The molecule has 0 unspecified atom stereocenters. The number of nitriles is 1. The number of hydrogen-bond donors (Lipinski definition) is 0. The van der Waals surface area contributed by atoms with Crippen molar-refractivity contribution >= 4 is 23.4 Å². The fourth-order valence-corrected chi connectivity index (χ4v) is 5.30. The summed E-state index contributed by atoms with van der Waals surface area (Å²) >= 11 is 6.02. The Kier molecular flexibility index (Phi) is 6.43. The maximum absolute atomic E-state index is 13.7. The molecule has 2 aliphatic heterocycles. The van der Waals surface area contributed by atoms with E-state index >= 15 is 0 Å². The van der Waals surface area contributed by atoms with Crippen molar-refractivity contribution in [2.24, 2.45) is 0 Å². The maximum atomic E-state index is 13.7. The van der Waals surface area contributed by atoms with Crippen LogP contribution in [0.15, 0.2) is 42.5 Å². The van der Waals surface area contributed by atoms with E-state index in [1.54, 1.807) is 33.5 Å². The Balaban J connectivity index is 1.44. The number of carbonyl (C=O) groups excluding carboxylic acids is 2. The summed E-state index contributed by atoms with van der Waals surface area (Å²) in [5, 5.41) is 14.2. The molecule has 3 aromatic rings.